The van der Waals surface area contributed by atoms with Gasteiger partial charge in [0, 0.05) is 10.9 Å². The van der Waals surface area contributed by atoms with E-state index in [0.29, 0.717) is 0 Å². The first-order chi connectivity index (χ1) is 9.69. The van der Waals surface area contributed by atoms with Crippen molar-refractivity contribution in [1.82, 2.24) is 5.43 Å². The fourth-order valence-corrected chi connectivity index (χ4v) is 3.13. The molecule has 1 heterocycles. The fourth-order valence-electron chi connectivity index (χ4n) is 2.38. The van der Waals surface area contributed by atoms with Crippen LogP contribution in [0.2, 0.25) is 0 Å². The van der Waals surface area contributed by atoms with E-state index in [2.05, 4.69) is 22.9 Å². The van der Waals surface area contributed by atoms with Crippen LogP contribution in [0, 0.1) is 12.7 Å². The molecular formula is C16H21FN2S. The van der Waals surface area contributed by atoms with E-state index in [0.717, 1.165) is 36.8 Å². The molecule has 1 aromatic carbocycles. The molecule has 0 bridgehead atoms. The zero-order chi connectivity index (χ0) is 14.4. The van der Waals surface area contributed by atoms with Crippen molar-refractivity contribution in [2.24, 2.45) is 5.84 Å². The second-order valence-corrected chi connectivity index (χ2v) is 6.14. The van der Waals surface area contributed by atoms with Crippen LogP contribution in [0.25, 0.3) is 0 Å². The summed E-state index contributed by atoms with van der Waals surface area (Å²) in [6, 6.07) is 9.43. The average Bonchev–Trinajstić information content (AvgIpc) is 2.93. The Morgan fingerprint density at radius 3 is 2.85 bits per heavy atom. The van der Waals surface area contributed by atoms with Crippen LogP contribution in [0.1, 0.15) is 28.8 Å². The van der Waals surface area contributed by atoms with Gasteiger partial charge in [-0.25, -0.2) is 4.39 Å². The second kappa shape index (κ2) is 7.53. The van der Waals surface area contributed by atoms with Crippen molar-refractivity contribution in [2.45, 2.75) is 38.6 Å². The number of aryl methyl sites for hydroxylation is 2. The van der Waals surface area contributed by atoms with Crippen LogP contribution in [0.4, 0.5) is 4.39 Å². The van der Waals surface area contributed by atoms with Crippen LogP contribution in [-0.4, -0.2) is 6.04 Å². The molecule has 0 fully saturated rings. The number of benzene rings is 1. The highest BCUT2D eigenvalue weighted by Gasteiger charge is 2.10. The monoisotopic (exact) mass is 292 g/mol. The third-order valence-corrected chi connectivity index (χ3v) is 4.50. The molecule has 3 N–H and O–H groups in total. The number of rotatable bonds is 7. The molecule has 4 heteroatoms. The molecule has 0 saturated heterocycles. The smallest absolute Gasteiger partial charge is 0.123 e. The number of nitrogens with one attached hydrogen (secondary N) is 1. The first-order valence-electron chi connectivity index (χ1n) is 6.92. The summed E-state index contributed by atoms with van der Waals surface area (Å²) in [6.45, 7) is 1.94. The minimum atomic E-state index is -0.179. The summed E-state index contributed by atoms with van der Waals surface area (Å²) in [6.07, 6.45) is 4.06. The van der Waals surface area contributed by atoms with E-state index < -0.39 is 0 Å². The van der Waals surface area contributed by atoms with Crippen LogP contribution in [0.5, 0.6) is 0 Å². The molecule has 0 spiro atoms. The molecule has 0 aliphatic rings. The number of hydrazine groups is 1. The Bertz CT molecular complexity index is 525. The number of hydrogen-bond acceptors (Lipinski definition) is 3. The zero-order valence-electron chi connectivity index (χ0n) is 11.7. The SMILES string of the molecule is Cc1cc(F)ccc1CC(CCCc1cccs1)NN. The maximum Gasteiger partial charge on any atom is 0.123 e. The Balaban J connectivity index is 1.85. The third-order valence-electron chi connectivity index (χ3n) is 3.56. The van der Waals surface area contributed by atoms with E-state index >= 15 is 0 Å². The third kappa shape index (κ3) is 4.40. The van der Waals surface area contributed by atoms with Gasteiger partial charge in [0.1, 0.15) is 5.82 Å². The van der Waals surface area contributed by atoms with Crippen molar-refractivity contribution in [3.63, 3.8) is 0 Å². The summed E-state index contributed by atoms with van der Waals surface area (Å²) in [7, 11) is 0. The lowest BCUT2D eigenvalue weighted by Crippen LogP contribution is -2.37. The molecule has 20 heavy (non-hydrogen) atoms. The predicted molar refractivity (Wildman–Crippen MR) is 83.2 cm³/mol. The van der Waals surface area contributed by atoms with Crippen LogP contribution in [-0.2, 0) is 12.8 Å². The van der Waals surface area contributed by atoms with Gasteiger partial charge in [0.05, 0.1) is 0 Å². The molecule has 108 valence electrons. The van der Waals surface area contributed by atoms with E-state index in [4.69, 9.17) is 5.84 Å². The van der Waals surface area contributed by atoms with Gasteiger partial charge in [-0.2, -0.15) is 0 Å². The molecule has 2 rings (SSSR count). The Labute approximate surface area is 123 Å². The Morgan fingerprint density at radius 2 is 2.20 bits per heavy atom. The Kier molecular flexibility index (Phi) is 5.71. The van der Waals surface area contributed by atoms with E-state index in [1.165, 1.54) is 10.9 Å². The van der Waals surface area contributed by atoms with Gasteiger partial charge in [-0.05, 0) is 67.3 Å². The van der Waals surface area contributed by atoms with Crippen molar-refractivity contribution in [1.29, 1.82) is 0 Å². The van der Waals surface area contributed by atoms with Gasteiger partial charge in [-0.15, -0.1) is 11.3 Å². The maximum absolute atomic E-state index is 13.1. The Hall–Kier alpha value is -1.23. The lowest BCUT2D eigenvalue weighted by atomic mass is 9.98. The topological polar surface area (TPSA) is 38.0 Å². The second-order valence-electron chi connectivity index (χ2n) is 5.11. The standard InChI is InChI=1S/C16H21FN2S/c1-12-10-14(17)8-7-13(12)11-15(19-18)4-2-5-16-6-3-9-20-16/h3,6-10,15,19H,2,4-5,11,18H2,1H3. The molecule has 0 aliphatic heterocycles. The molecule has 0 amide bonds. The van der Waals surface area contributed by atoms with Crippen molar-refractivity contribution in [2.75, 3.05) is 0 Å². The first kappa shape index (κ1) is 15.2. The predicted octanol–water partition coefficient (Wildman–Crippen LogP) is 3.59. The van der Waals surface area contributed by atoms with Gasteiger partial charge in [0.2, 0.25) is 0 Å². The molecule has 0 aliphatic carbocycles. The molecule has 0 saturated carbocycles. The molecule has 1 unspecified atom stereocenters. The highest BCUT2D eigenvalue weighted by atomic mass is 32.1. The number of nitrogens with two attached hydrogens (primary N) is 1. The van der Waals surface area contributed by atoms with E-state index in [1.54, 1.807) is 17.4 Å². The molecule has 1 atom stereocenters. The average molecular weight is 292 g/mol. The fraction of sp³-hybridized carbons (Fsp3) is 0.375. The number of hydrogen-bond donors (Lipinski definition) is 2. The summed E-state index contributed by atoms with van der Waals surface area (Å²) < 4.78 is 13.1. The van der Waals surface area contributed by atoms with E-state index in [9.17, 15) is 4.39 Å². The van der Waals surface area contributed by atoms with Crippen LogP contribution >= 0.6 is 11.3 Å². The van der Waals surface area contributed by atoms with E-state index in [1.807, 2.05) is 13.0 Å². The summed E-state index contributed by atoms with van der Waals surface area (Å²) in [4.78, 5) is 1.42. The first-order valence-corrected chi connectivity index (χ1v) is 7.80. The normalized spacial score (nSPS) is 12.6. The molecule has 2 aromatic rings. The van der Waals surface area contributed by atoms with Gasteiger partial charge >= 0.3 is 0 Å². The van der Waals surface area contributed by atoms with Crippen molar-refractivity contribution >= 4 is 11.3 Å². The van der Waals surface area contributed by atoms with Crippen LogP contribution < -0.4 is 11.3 Å². The van der Waals surface area contributed by atoms with Gasteiger partial charge in [-0.3, -0.25) is 11.3 Å². The number of halogens is 1. The highest BCUT2D eigenvalue weighted by Crippen LogP contribution is 2.16. The maximum atomic E-state index is 13.1. The van der Waals surface area contributed by atoms with Crippen molar-refractivity contribution < 1.29 is 4.39 Å². The van der Waals surface area contributed by atoms with Gasteiger partial charge in [-0.1, -0.05) is 12.1 Å². The lowest BCUT2D eigenvalue weighted by Gasteiger charge is -2.17. The summed E-state index contributed by atoms with van der Waals surface area (Å²) in [5.41, 5.74) is 5.03. The van der Waals surface area contributed by atoms with Crippen LogP contribution in [0.15, 0.2) is 35.7 Å². The molecule has 2 nitrogen and oxygen atoms in total. The number of thiophene rings is 1. The lowest BCUT2D eigenvalue weighted by molar-refractivity contribution is 0.476. The van der Waals surface area contributed by atoms with Crippen molar-refractivity contribution in [3.05, 3.63) is 57.5 Å². The summed E-state index contributed by atoms with van der Waals surface area (Å²) in [5.74, 6) is 5.46. The minimum absolute atomic E-state index is 0.179. The van der Waals surface area contributed by atoms with E-state index in [-0.39, 0.29) is 11.9 Å². The Morgan fingerprint density at radius 1 is 1.35 bits per heavy atom. The van der Waals surface area contributed by atoms with Crippen LogP contribution in [0.3, 0.4) is 0 Å². The van der Waals surface area contributed by atoms with Gasteiger partial charge < -0.3 is 0 Å². The zero-order valence-corrected chi connectivity index (χ0v) is 12.5. The minimum Gasteiger partial charge on any atom is -0.271 e. The summed E-state index contributed by atoms with van der Waals surface area (Å²) in [5, 5.41) is 2.11. The quantitative estimate of drug-likeness (QED) is 0.604. The largest absolute Gasteiger partial charge is 0.271 e. The summed E-state index contributed by atoms with van der Waals surface area (Å²) >= 11 is 1.80. The molecule has 1 aromatic heterocycles. The van der Waals surface area contributed by atoms with Gasteiger partial charge in [0.15, 0.2) is 0 Å². The van der Waals surface area contributed by atoms with Gasteiger partial charge in [0.25, 0.3) is 0 Å². The highest BCUT2D eigenvalue weighted by molar-refractivity contribution is 7.09. The molecule has 0 radical (unpaired) electrons. The molecular weight excluding hydrogens is 271 g/mol. The van der Waals surface area contributed by atoms with Crippen molar-refractivity contribution in [3.8, 4) is 0 Å².